The first-order chi connectivity index (χ1) is 11.7. The van der Waals surface area contributed by atoms with Gasteiger partial charge in [-0.05, 0) is 41.7 Å². The summed E-state index contributed by atoms with van der Waals surface area (Å²) in [6.07, 6.45) is 4.42. The topological polar surface area (TPSA) is 51.5 Å². The lowest BCUT2D eigenvalue weighted by Gasteiger charge is -2.08. The second-order valence-electron chi connectivity index (χ2n) is 6.31. The highest BCUT2D eigenvalue weighted by atomic mass is 16.5. The highest BCUT2D eigenvalue weighted by molar-refractivity contribution is 5.91. The summed E-state index contributed by atoms with van der Waals surface area (Å²) in [5.74, 6) is 2.87. The molecule has 2 aromatic rings. The van der Waals surface area contributed by atoms with E-state index < -0.39 is 0 Å². The number of amides is 1. The normalized spacial score (nSPS) is 19.6. The van der Waals surface area contributed by atoms with Crippen molar-refractivity contribution in [2.24, 2.45) is 5.92 Å². The monoisotopic (exact) mass is 325 g/mol. The van der Waals surface area contributed by atoms with Gasteiger partial charge in [0, 0.05) is 25.6 Å². The number of rotatable bonds is 7. The van der Waals surface area contributed by atoms with E-state index in [0.29, 0.717) is 25.0 Å². The molecule has 1 amide bonds. The first-order valence-electron chi connectivity index (χ1n) is 8.28. The summed E-state index contributed by atoms with van der Waals surface area (Å²) in [6.45, 7) is 3.24. The molecule has 2 atom stereocenters. The maximum atomic E-state index is 12.0. The van der Waals surface area contributed by atoms with Crippen LogP contribution in [0.5, 0.6) is 0 Å². The maximum Gasteiger partial charge on any atom is 0.244 e. The van der Waals surface area contributed by atoms with Crippen LogP contribution >= 0.6 is 0 Å². The van der Waals surface area contributed by atoms with Crippen molar-refractivity contribution in [1.29, 1.82) is 0 Å². The van der Waals surface area contributed by atoms with Crippen LogP contribution in [0.1, 0.15) is 41.9 Å². The van der Waals surface area contributed by atoms with Gasteiger partial charge in [0.25, 0.3) is 0 Å². The highest BCUT2D eigenvalue weighted by Crippen LogP contribution is 2.47. The van der Waals surface area contributed by atoms with Crippen molar-refractivity contribution in [2.75, 3.05) is 7.11 Å². The van der Waals surface area contributed by atoms with Crippen molar-refractivity contribution in [3.05, 3.63) is 65.1 Å². The summed E-state index contributed by atoms with van der Waals surface area (Å²) in [7, 11) is 1.66. The number of carbonyl (C=O) groups excluding carboxylic acids is 1. The van der Waals surface area contributed by atoms with Crippen LogP contribution in [0, 0.1) is 5.92 Å². The molecule has 1 heterocycles. The largest absolute Gasteiger partial charge is 0.461 e. The zero-order valence-corrected chi connectivity index (χ0v) is 14.1. The minimum atomic E-state index is -0.139. The molecule has 0 bridgehead atoms. The van der Waals surface area contributed by atoms with E-state index in [2.05, 4.69) is 12.2 Å². The molecular weight excluding hydrogens is 302 g/mol. The molecule has 1 fully saturated rings. The predicted molar refractivity (Wildman–Crippen MR) is 93.3 cm³/mol. The Morgan fingerprint density at radius 2 is 2.04 bits per heavy atom. The standard InChI is InChI=1S/C20H23NO3/c1-14-11-18(14)19-9-7-17(24-19)8-10-20(22)21-12-15-5-3-4-6-16(15)13-23-2/h3-10,14,18H,11-13H2,1-2H3,(H,21,22)/b10-8+/t14-,18+/m1/s1. The second-order valence-corrected chi connectivity index (χ2v) is 6.31. The Bertz CT molecular complexity index is 732. The number of furan rings is 1. The Hall–Kier alpha value is -2.33. The van der Waals surface area contributed by atoms with Gasteiger partial charge >= 0.3 is 0 Å². The fourth-order valence-corrected chi connectivity index (χ4v) is 2.80. The van der Waals surface area contributed by atoms with E-state index in [9.17, 15) is 4.79 Å². The Morgan fingerprint density at radius 3 is 2.75 bits per heavy atom. The number of carbonyl (C=O) groups is 1. The van der Waals surface area contributed by atoms with Crippen LogP contribution in [0.3, 0.4) is 0 Å². The molecule has 0 spiro atoms. The number of hydrogen-bond acceptors (Lipinski definition) is 3. The molecule has 0 aliphatic heterocycles. The van der Waals surface area contributed by atoms with Crippen molar-refractivity contribution in [3.63, 3.8) is 0 Å². The molecule has 126 valence electrons. The molecule has 4 heteroatoms. The zero-order valence-electron chi connectivity index (χ0n) is 14.1. The smallest absolute Gasteiger partial charge is 0.244 e. The van der Waals surface area contributed by atoms with E-state index in [1.165, 1.54) is 12.5 Å². The summed E-state index contributed by atoms with van der Waals surface area (Å²) >= 11 is 0. The Morgan fingerprint density at radius 1 is 1.29 bits per heavy atom. The van der Waals surface area contributed by atoms with Crippen LogP contribution in [-0.2, 0) is 22.7 Å². The lowest BCUT2D eigenvalue weighted by atomic mass is 10.1. The highest BCUT2D eigenvalue weighted by Gasteiger charge is 2.36. The van der Waals surface area contributed by atoms with Gasteiger partial charge in [-0.3, -0.25) is 4.79 Å². The van der Waals surface area contributed by atoms with E-state index in [1.807, 2.05) is 36.4 Å². The molecule has 1 aliphatic carbocycles. The summed E-state index contributed by atoms with van der Waals surface area (Å²) < 4.78 is 10.9. The van der Waals surface area contributed by atoms with Crippen LogP contribution in [0.4, 0.5) is 0 Å². The van der Waals surface area contributed by atoms with Crippen molar-refractivity contribution >= 4 is 12.0 Å². The molecule has 1 N–H and O–H groups in total. The molecule has 24 heavy (non-hydrogen) atoms. The third-order valence-corrected chi connectivity index (χ3v) is 4.39. The minimum Gasteiger partial charge on any atom is -0.461 e. The number of methoxy groups -OCH3 is 1. The van der Waals surface area contributed by atoms with Gasteiger partial charge in [-0.15, -0.1) is 0 Å². The molecule has 4 nitrogen and oxygen atoms in total. The van der Waals surface area contributed by atoms with Crippen LogP contribution in [0.2, 0.25) is 0 Å². The first-order valence-corrected chi connectivity index (χ1v) is 8.28. The fraction of sp³-hybridized carbons (Fsp3) is 0.350. The SMILES string of the molecule is COCc1ccccc1CNC(=O)/C=C/c1ccc([C@H]2C[C@H]2C)o1. The summed E-state index contributed by atoms with van der Waals surface area (Å²) in [6, 6.07) is 11.8. The number of nitrogens with one attached hydrogen (secondary N) is 1. The first kappa shape index (κ1) is 16.5. The van der Waals surface area contributed by atoms with Crippen molar-refractivity contribution in [3.8, 4) is 0 Å². The van der Waals surface area contributed by atoms with E-state index in [0.717, 1.165) is 22.6 Å². The third-order valence-electron chi connectivity index (χ3n) is 4.39. The Kier molecular flexibility index (Phi) is 5.16. The minimum absolute atomic E-state index is 0.139. The molecule has 1 aromatic carbocycles. The lowest BCUT2D eigenvalue weighted by Crippen LogP contribution is -2.21. The molecule has 1 saturated carbocycles. The van der Waals surface area contributed by atoms with E-state index in [4.69, 9.17) is 9.15 Å². The van der Waals surface area contributed by atoms with Gasteiger partial charge in [0.15, 0.2) is 0 Å². The van der Waals surface area contributed by atoms with Gasteiger partial charge in [0.2, 0.25) is 5.91 Å². The van der Waals surface area contributed by atoms with Crippen molar-refractivity contribution in [2.45, 2.75) is 32.4 Å². The summed E-state index contributed by atoms with van der Waals surface area (Å²) in [4.78, 5) is 12.0. The van der Waals surface area contributed by atoms with Gasteiger partial charge in [0.05, 0.1) is 6.61 Å². The average molecular weight is 325 g/mol. The third kappa shape index (κ3) is 4.15. The summed E-state index contributed by atoms with van der Waals surface area (Å²) in [5.41, 5.74) is 2.14. The van der Waals surface area contributed by atoms with Gasteiger partial charge in [-0.25, -0.2) is 0 Å². The van der Waals surface area contributed by atoms with Gasteiger partial charge in [-0.1, -0.05) is 31.2 Å². The maximum absolute atomic E-state index is 12.0. The van der Waals surface area contributed by atoms with Gasteiger partial charge in [0.1, 0.15) is 11.5 Å². The molecule has 0 saturated heterocycles. The van der Waals surface area contributed by atoms with Gasteiger partial charge < -0.3 is 14.5 Å². The Balaban J connectivity index is 1.53. The molecule has 3 rings (SSSR count). The van der Waals surface area contributed by atoms with Crippen LogP contribution < -0.4 is 5.32 Å². The molecule has 1 aromatic heterocycles. The van der Waals surface area contributed by atoms with Gasteiger partial charge in [-0.2, -0.15) is 0 Å². The lowest BCUT2D eigenvalue weighted by molar-refractivity contribution is -0.116. The van der Waals surface area contributed by atoms with E-state index in [-0.39, 0.29) is 5.91 Å². The number of hydrogen-bond donors (Lipinski definition) is 1. The van der Waals surface area contributed by atoms with E-state index in [1.54, 1.807) is 13.2 Å². The zero-order chi connectivity index (χ0) is 16.9. The van der Waals surface area contributed by atoms with Crippen molar-refractivity contribution < 1.29 is 13.9 Å². The number of ether oxygens (including phenoxy) is 1. The van der Waals surface area contributed by atoms with Crippen LogP contribution in [0.15, 0.2) is 46.9 Å². The van der Waals surface area contributed by atoms with Crippen LogP contribution in [-0.4, -0.2) is 13.0 Å². The molecule has 0 unspecified atom stereocenters. The molecular formula is C20H23NO3. The predicted octanol–water partition coefficient (Wildman–Crippen LogP) is 3.88. The fourth-order valence-electron chi connectivity index (χ4n) is 2.80. The molecule has 0 radical (unpaired) electrons. The molecule has 1 aliphatic rings. The summed E-state index contributed by atoms with van der Waals surface area (Å²) in [5, 5.41) is 2.89. The Labute approximate surface area is 142 Å². The van der Waals surface area contributed by atoms with Crippen molar-refractivity contribution in [1.82, 2.24) is 5.32 Å². The number of benzene rings is 1. The average Bonchev–Trinajstić information content (AvgIpc) is 3.13. The van der Waals surface area contributed by atoms with E-state index >= 15 is 0 Å². The van der Waals surface area contributed by atoms with Crippen LogP contribution in [0.25, 0.3) is 6.08 Å². The second kappa shape index (κ2) is 7.49. The quantitative estimate of drug-likeness (QED) is 0.786.